The fourth-order valence-electron chi connectivity index (χ4n) is 2.09. The Labute approximate surface area is 109 Å². The van der Waals surface area contributed by atoms with E-state index in [1.54, 1.807) is 0 Å². The molecule has 1 heterocycles. The summed E-state index contributed by atoms with van der Waals surface area (Å²) in [4.78, 5) is 4.27. The van der Waals surface area contributed by atoms with Crippen LogP contribution in [0.4, 0.5) is 0 Å². The zero-order chi connectivity index (χ0) is 13.0. The monoisotopic (exact) mass is 240 g/mol. The number of imidazole rings is 1. The van der Waals surface area contributed by atoms with E-state index in [2.05, 4.69) is 49.2 Å². The number of rotatable bonds is 4. The van der Waals surface area contributed by atoms with E-state index in [0.29, 0.717) is 0 Å². The molecule has 0 bridgehead atoms. The molecule has 1 aromatic heterocycles. The molecule has 1 aromatic carbocycles. The van der Waals surface area contributed by atoms with Gasteiger partial charge in [0.1, 0.15) is 0 Å². The summed E-state index contributed by atoms with van der Waals surface area (Å²) in [5, 5.41) is 0. The molecule has 2 nitrogen and oxygen atoms in total. The third kappa shape index (κ3) is 3.33. The molecule has 0 radical (unpaired) electrons. The van der Waals surface area contributed by atoms with Crippen molar-refractivity contribution in [1.82, 2.24) is 9.55 Å². The molecule has 2 heteroatoms. The van der Waals surface area contributed by atoms with Gasteiger partial charge in [-0.3, -0.25) is 0 Å². The van der Waals surface area contributed by atoms with E-state index in [-0.39, 0.29) is 0 Å². The van der Waals surface area contributed by atoms with Crippen molar-refractivity contribution < 1.29 is 0 Å². The molecule has 2 aromatic rings. The molecule has 0 aliphatic carbocycles. The molecule has 0 saturated heterocycles. The second-order valence-electron chi connectivity index (χ2n) is 4.83. The maximum Gasteiger partial charge on any atom is 0.0950 e. The quantitative estimate of drug-likeness (QED) is 0.797. The van der Waals surface area contributed by atoms with Gasteiger partial charge in [-0.15, -0.1) is 0 Å². The Hall–Kier alpha value is -1.83. The van der Waals surface area contributed by atoms with Crippen LogP contribution in [0.1, 0.15) is 28.8 Å². The van der Waals surface area contributed by atoms with Crippen LogP contribution >= 0.6 is 0 Å². The molecule has 0 atom stereocenters. The number of aromatic nitrogens is 2. The van der Waals surface area contributed by atoms with E-state index in [1.165, 1.54) is 16.7 Å². The lowest BCUT2D eigenvalue weighted by Gasteiger charge is -2.04. The molecular formula is C16H20N2. The van der Waals surface area contributed by atoms with Gasteiger partial charge in [-0.05, 0) is 43.9 Å². The van der Waals surface area contributed by atoms with E-state index in [0.717, 1.165) is 18.5 Å². The van der Waals surface area contributed by atoms with Crippen LogP contribution < -0.4 is 0 Å². The zero-order valence-electron chi connectivity index (χ0n) is 11.4. The van der Waals surface area contributed by atoms with Crippen LogP contribution in [0.5, 0.6) is 0 Å². The lowest BCUT2D eigenvalue weighted by Crippen LogP contribution is -1.89. The number of nitrogens with zero attached hydrogens (tertiary/aromatic N) is 2. The van der Waals surface area contributed by atoms with E-state index in [9.17, 15) is 0 Å². The largest absolute Gasteiger partial charge is 0.340 e. The van der Waals surface area contributed by atoms with Crippen LogP contribution in [0, 0.1) is 13.8 Å². The highest BCUT2D eigenvalue weighted by Crippen LogP contribution is 2.13. The lowest BCUT2D eigenvalue weighted by atomic mass is 10.0. The topological polar surface area (TPSA) is 17.8 Å². The second kappa shape index (κ2) is 5.67. The molecular weight excluding hydrogens is 220 g/mol. The van der Waals surface area contributed by atoms with Crippen LogP contribution in [0.25, 0.3) is 6.08 Å². The first kappa shape index (κ1) is 12.6. The van der Waals surface area contributed by atoms with Crippen LogP contribution in [0.3, 0.4) is 0 Å². The number of hydrogen-bond donors (Lipinski definition) is 0. The summed E-state index contributed by atoms with van der Waals surface area (Å²) in [5.74, 6) is 0. The van der Waals surface area contributed by atoms with Gasteiger partial charge in [0, 0.05) is 13.2 Å². The SMILES string of the molecule is Cc1ccc(CC/C=C/c2cn(C)cn2)c(C)c1. The average molecular weight is 240 g/mol. The van der Waals surface area contributed by atoms with Gasteiger partial charge in [0.2, 0.25) is 0 Å². The zero-order valence-corrected chi connectivity index (χ0v) is 11.4. The fraction of sp³-hybridized carbons (Fsp3) is 0.312. The Bertz CT molecular complexity index is 550. The number of benzene rings is 1. The Morgan fingerprint density at radius 3 is 2.78 bits per heavy atom. The van der Waals surface area contributed by atoms with E-state index in [4.69, 9.17) is 0 Å². The van der Waals surface area contributed by atoms with Crippen molar-refractivity contribution >= 4 is 6.08 Å². The van der Waals surface area contributed by atoms with Crippen molar-refractivity contribution in [3.63, 3.8) is 0 Å². The third-order valence-electron chi connectivity index (χ3n) is 3.09. The van der Waals surface area contributed by atoms with Gasteiger partial charge in [0.25, 0.3) is 0 Å². The van der Waals surface area contributed by atoms with Crippen molar-refractivity contribution in [3.05, 3.63) is 59.2 Å². The molecule has 0 amide bonds. The van der Waals surface area contributed by atoms with E-state index in [1.807, 2.05) is 24.1 Å². The highest BCUT2D eigenvalue weighted by molar-refractivity contribution is 5.43. The maximum atomic E-state index is 4.27. The molecule has 0 aliphatic rings. The first-order chi connectivity index (χ1) is 8.65. The van der Waals surface area contributed by atoms with Gasteiger partial charge in [0.05, 0.1) is 12.0 Å². The average Bonchev–Trinajstić information content (AvgIpc) is 2.73. The first-order valence-corrected chi connectivity index (χ1v) is 6.36. The van der Waals surface area contributed by atoms with Crippen LogP contribution in [-0.2, 0) is 13.5 Å². The van der Waals surface area contributed by atoms with Crippen LogP contribution in [0.2, 0.25) is 0 Å². The van der Waals surface area contributed by atoms with E-state index >= 15 is 0 Å². The number of hydrogen-bond acceptors (Lipinski definition) is 1. The van der Waals surface area contributed by atoms with Crippen molar-refractivity contribution in [1.29, 1.82) is 0 Å². The minimum absolute atomic E-state index is 1.03. The predicted molar refractivity (Wildman–Crippen MR) is 76.5 cm³/mol. The maximum absolute atomic E-state index is 4.27. The van der Waals surface area contributed by atoms with Gasteiger partial charge in [-0.2, -0.15) is 0 Å². The molecule has 18 heavy (non-hydrogen) atoms. The summed E-state index contributed by atoms with van der Waals surface area (Å²) in [6.45, 7) is 4.32. The summed E-state index contributed by atoms with van der Waals surface area (Å²) >= 11 is 0. The third-order valence-corrected chi connectivity index (χ3v) is 3.09. The summed E-state index contributed by atoms with van der Waals surface area (Å²) in [7, 11) is 1.99. The van der Waals surface area contributed by atoms with Gasteiger partial charge < -0.3 is 4.57 Å². The number of aryl methyl sites for hydroxylation is 4. The molecule has 94 valence electrons. The summed E-state index contributed by atoms with van der Waals surface area (Å²) in [6, 6.07) is 6.67. The fourth-order valence-corrected chi connectivity index (χ4v) is 2.09. The molecule has 0 fully saturated rings. The Balaban J connectivity index is 1.90. The number of allylic oxidation sites excluding steroid dienone is 1. The Kier molecular flexibility index (Phi) is 3.98. The molecule has 0 spiro atoms. The normalized spacial score (nSPS) is 11.3. The van der Waals surface area contributed by atoms with Crippen molar-refractivity contribution in [2.24, 2.45) is 7.05 Å². The van der Waals surface area contributed by atoms with Gasteiger partial charge >= 0.3 is 0 Å². The molecule has 2 rings (SSSR count). The smallest absolute Gasteiger partial charge is 0.0950 e. The van der Waals surface area contributed by atoms with Gasteiger partial charge in [0.15, 0.2) is 0 Å². The standard InChI is InChI=1S/C16H20N2/c1-13-8-9-15(14(2)10-13)6-4-5-7-16-11-18(3)12-17-16/h5,7-12H,4,6H2,1-3H3/b7-5+. The highest BCUT2D eigenvalue weighted by Gasteiger charge is 1.97. The van der Waals surface area contributed by atoms with Crippen molar-refractivity contribution in [2.75, 3.05) is 0 Å². The first-order valence-electron chi connectivity index (χ1n) is 6.36. The van der Waals surface area contributed by atoms with Crippen LogP contribution in [0.15, 0.2) is 36.8 Å². The Morgan fingerprint density at radius 1 is 1.28 bits per heavy atom. The van der Waals surface area contributed by atoms with Gasteiger partial charge in [-0.25, -0.2) is 4.98 Å². The van der Waals surface area contributed by atoms with Crippen molar-refractivity contribution in [3.8, 4) is 0 Å². The van der Waals surface area contributed by atoms with Crippen molar-refractivity contribution in [2.45, 2.75) is 26.7 Å². The summed E-state index contributed by atoms with van der Waals surface area (Å²) < 4.78 is 1.96. The molecule has 0 saturated carbocycles. The highest BCUT2D eigenvalue weighted by atomic mass is 15.0. The summed E-state index contributed by atoms with van der Waals surface area (Å²) in [5.41, 5.74) is 5.19. The van der Waals surface area contributed by atoms with E-state index < -0.39 is 0 Å². The van der Waals surface area contributed by atoms with Crippen LogP contribution in [-0.4, -0.2) is 9.55 Å². The summed E-state index contributed by atoms with van der Waals surface area (Å²) in [6.07, 6.45) is 10.3. The minimum Gasteiger partial charge on any atom is -0.340 e. The lowest BCUT2D eigenvalue weighted by molar-refractivity contribution is 0.913. The Morgan fingerprint density at radius 2 is 2.11 bits per heavy atom. The predicted octanol–water partition coefficient (Wildman–Crippen LogP) is 3.68. The second-order valence-corrected chi connectivity index (χ2v) is 4.83. The molecule has 0 unspecified atom stereocenters. The van der Waals surface area contributed by atoms with Gasteiger partial charge in [-0.1, -0.05) is 29.8 Å². The molecule has 0 aliphatic heterocycles. The minimum atomic E-state index is 1.03. The molecule has 0 N–H and O–H groups in total.